The highest BCUT2D eigenvalue weighted by Gasteiger charge is 2.35. The number of benzene rings is 1. The Morgan fingerprint density at radius 3 is 2.58 bits per heavy atom. The van der Waals surface area contributed by atoms with Crippen LogP contribution >= 0.6 is 0 Å². The van der Waals surface area contributed by atoms with E-state index in [9.17, 15) is 9.59 Å². The lowest BCUT2D eigenvalue weighted by molar-refractivity contribution is -0.124. The first-order valence-electron chi connectivity index (χ1n) is 7.66. The van der Waals surface area contributed by atoms with Gasteiger partial charge >= 0.3 is 0 Å². The van der Waals surface area contributed by atoms with Gasteiger partial charge in [-0.1, -0.05) is 0 Å². The first kappa shape index (κ1) is 15.9. The third-order valence-corrected chi connectivity index (χ3v) is 4.09. The summed E-state index contributed by atoms with van der Waals surface area (Å²) in [5.41, 5.74) is 1.04. The van der Waals surface area contributed by atoms with E-state index < -0.39 is 6.04 Å². The number of hydrogen-bond acceptors (Lipinski definition) is 5. The summed E-state index contributed by atoms with van der Waals surface area (Å²) in [6, 6.07) is 9.99. The lowest BCUT2D eigenvalue weighted by Gasteiger charge is -2.38. The Balaban J connectivity index is 1.77. The van der Waals surface area contributed by atoms with Gasteiger partial charge < -0.3 is 14.5 Å². The predicted octanol–water partition coefficient (Wildman–Crippen LogP) is 1.36. The van der Waals surface area contributed by atoms with E-state index in [-0.39, 0.29) is 17.5 Å². The molecule has 1 aromatic carbocycles. The van der Waals surface area contributed by atoms with Crippen molar-refractivity contribution >= 4 is 17.5 Å². The molecule has 1 atom stereocenters. The Hall–Kier alpha value is -2.96. The molecule has 1 aromatic heterocycles. The molecule has 1 fully saturated rings. The van der Waals surface area contributed by atoms with Crippen LogP contribution in [-0.2, 0) is 4.79 Å². The first-order valence-corrected chi connectivity index (χ1v) is 7.66. The van der Waals surface area contributed by atoms with Crippen molar-refractivity contribution < 1.29 is 14.3 Å². The fourth-order valence-corrected chi connectivity index (χ4v) is 2.73. The van der Waals surface area contributed by atoms with E-state index in [1.54, 1.807) is 31.1 Å². The molecular weight excluding hydrogens is 308 g/mol. The zero-order valence-corrected chi connectivity index (χ0v) is 13.5. The minimum atomic E-state index is -0.560. The van der Waals surface area contributed by atoms with Crippen LogP contribution < -0.4 is 9.64 Å². The average molecular weight is 326 g/mol. The first-order chi connectivity index (χ1) is 11.6. The van der Waals surface area contributed by atoms with Gasteiger partial charge in [-0.25, -0.2) is 0 Å². The lowest BCUT2D eigenvalue weighted by atomic mass is 10.1. The number of ether oxygens (including phenoxy) is 1. The van der Waals surface area contributed by atoms with Crippen molar-refractivity contribution in [3.63, 3.8) is 0 Å². The van der Waals surface area contributed by atoms with Crippen molar-refractivity contribution in [2.24, 2.45) is 0 Å². The molecule has 7 nitrogen and oxygen atoms in total. The third kappa shape index (κ3) is 2.92. The number of piperazine rings is 1. The summed E-state index contributed by atoms with van der Waals surface area (Å²) in [6.45, 7) is 2.60. The maximum atomic E-state index is 12.7. The van der Waals surface area contributed by atoms with Gasteiger partial charge in [-0.3, -0.25) is 9.59 Å². The van der Waals surface area contributed by atoms with Crippen LogP contribution in [0.1, 0.15) is 17.4 Å². The van der Waals surface area contributed by atoms with Gasteiger partial charge in [0.2, 0.25) is 5.91 Å². The minimum Gasteiger partial charge on any atom is -0.497 e. The van der Waals surface area contributed by atoms with E-state index in [0.717, 1.165) is 11.4 Å². The molecule has 0 unspecified atom stereocenters. The highest BCUT2D eigenvalue weighted by molar-refractivity contribution is 6.02. The Labute approximate surface area is 139 Å². The summed E-state index contributed by atoms with van der Waals surface area (Å²) in [4.78, 5) is 28.4. The van der Waals surface area contributed by atoms with Crippen molar-refractivity contribution in [2.75, 3.05) is 25.1 Å². The van der Waals surface area contributed by atoms with Crippen molar-refractivity contribution in [1.82, 2.24) is 15.1 Å². The molecule has 0 spiro atoms. The summed E-state index contributed by atoms with van der Waals surface area (Å²) in [5.74, 6) is 0.331. The molecule has 24 heavy (non-hydrogen) atoms. The number of carbonyl (C=O) groups is 2. The number of aromatic nitrogens is 2. The highest BCUT2D eigenvalue weighted by Crippen LogP contribution is 2.23. The van der Waals surface area contributed by atoms with Crippen LogP contribution in [0.15, 0.2) is 42.6 Å². The van der Waals surface area contributed by atoms with Gasteiger partial charge in [-0.05, 0) is 43.3 Å². The summed E-state index contributed by atoms with van der Waals surface area (Å²) in [7, 11) is 1.60. The smallest absolute Gasteiger partial charge is 0.275 e. The van der Waals surface area contributed by atoms with E-state index in [1.165, 1.54) is 11.1 Å². The van der Waals surface area contributed by atoms with Gasteiger partial charge in [-0.15, -0.1) is 5.10 Å². The zero-order chi connectivity index (χ0) is 17.1. The van der Waals surface area contributed by atoms with Crippen LogP contribution in [0.4, 0.5) is 5.69 Å². The van der Waals surface area contributed by atoms with Crippen molar-refractivity contribution in [1.29, 1.82) is 0 Å². The molecule has 7 heteroatoms. The van der Waals surface area contributed by atoms with Crippen LogP contribution in [-0.4, -0.2) is 53.2 Å². The molecule has 0 aliphatic carbocycles. The molecule has 1 aliphatic heterocycles. The van der Waals surface area contributed by atoms with E-state index in [0.29, 0.717) is 13.1 Å². The molecule has 0 radical (unpaired) electrons. The van der Waals surface area contributed by atoms with E-state index in [2.05, 4.69) is 10.2 Å². The number of hydrogen-bond donors (Lipinski definition) is 0. The molecule has 3 rings (SSSR count). The summed E-state index contributed by atoms with van der Waals surface area (Å²) in [5, 5.41) is 7.55. The Morgan fingerprint density at radius 2 is 1.96 bits per heavy atom. The topological polar surface area (TPSA) is 75.6 Å². The van der Waals surface area contributed by atoms with Crippen LogP contribution in [0.25, 0.3) is 0 Å². The predicted molar refractivity (Wildman–Crippen MR) is 87.9 cm³/mol. The van der Waals surface area contributed by atoms with Gasteiger partial charge in [0.15, 0.2) is 5.69 Å². The van der Waals surface area contributed by atoms with Crippen LogP contribution in [0.3, 0.4) is 0 Å². The van der Waals surface area contributed by atoms with Gasteiger partial charge in [0, 0.05) is 25.0 Å². The minimum absolute atomic E-state index is 0.122. The number of nitrogens with zero attached hydrogens (tertiary/aromatic N) is 4. The Bertz CT molecular complexity index is 733. The molecule has 2 aromatic rings. The molecular formula is C17H18N4O3. The normalized spacial score (nSPS) is 17.8. The van der Waals surface area contributed by atoms with Gasteiger partial charge in [0.1, 0.15) is 11.8 Å². The number of carbonyl (C=O) groups excluding carboxylic acids is 2. The fraction of sp³-hybridized carbons (Fsp3) is 0.294. The van der Waals surface area contributed by atoms with Crippen molar-refractivity contribution in [3.8, 4) is 5.75 Å². The molecule has 0 N–H and O–H groups in total. The standard InChI is InChI=1S/C17H18N4O3/c1-12-16(22)21(13-5-7-14(24-2)8-6-13)11-10-20(12)17(23)15-4-3-9-18-19-15/h3-9,12H,10-11H2,1-2H3/t12-/m1/s1. The van der Waals surface area contributed by atoms with E-state index >= 15 is 0 Å². The molecule has 2 amide bonds. The van der Waals surface area contributed by atoms with Gasteiger partial charge in [0.05, 0.1) is 7.11 Å². The molecule has 124 valence electrons. The number of methoxy groups -OCH3 is 1. The second kappa shape index (κ2) is 6.66. The monoisotopic (exact) mass is 326 g/mol. The van der Waals surface area contributed by atoms with Crippen molar-refractivity contribution in [2.45, 2.75) is 13.0 Å². The number of anilines is 1. The summed E-state index contributed by atoms with van der Waals surface area (Å²) >= 11 is 0. The quantitative estimate of drug-likeness (QED) is 0.851. The van der Waals surface area contributed by atoms with E-state index in [1.807, 2.05) is 24.3 Å². The molecule has 2 heterocycles. The largest absolute Gasteiger partial charge is 0.497 e. The van der Waals surface area contributed by atoms with Crippen LogP contribution in [0, 0.1) is 0 Å². The van der Waals surface area contributed by atoms with Crippen LogP contribution in [0.2, 0.25) is 0 Å². The van der Waals surface area contributed by atoms with Gasteiger partial charge in [0.25, 0.3) is 5.91 Å². The Kier molecular flexibility index (Phi) is 4.41. The van der Waals surface area contributed by atoms with E-state index in [4.69, 9.17) is 4.74 Å². The molecule has 0 bridgehead atoms. The second-order valence-corrected chi connectivity index (χ2v) is 5.47. The summed E-state index contributed by atoms with van der Waals surface area (Å²) < 4.78 is 5.13. The maximum Gasteiger partial charge on any atom is 0.275 e. The average Bonchev–Trinajstić information content (AvgIpc) is 2.64. The molecule has 1 aliphatic rings. The third-order valence-electron chi connectivity index (χ3n) is 4.09. The Morgan fingerprint density at radius 1 is 1.21 bits per heavy atom. The fourth-order valence-electron chi connectivity index (χ4n) is 2.73. The number of rotatable bonds is 3. The highest BCUT2D eigenvalue weighted by atomic mass is 16.5. The number of amides is 2. The van der Waals surface area contributed by atoms with Crippen LogP contribution in [0.5, 0.6) is 5.75 Å². The zero-order valence-electron chi connectivity index (χ0n) is 13.5. The molecule has 0 saturated carbocycles. The van der Waals surface area contributed by atoms with Crippen molar-refractivity contribution in [3.05, 3.63) is 48.3 Å². The second-order valence-electron chi connectivity index (χ2n) is 5.47. The molecule has 1 saturated heterocycles. The van der Waals surface area contributed by atoms with Gasteiger partial charge in [-0.2, -0.15) is 5.10 Å². The summed E-state index contributed by atoms with van der Waals surface area (Å²) in [6.07, 6.45) is 1.51. The SMILES string of the molecule is COc1ccc(N2CCN(C(=O)c3cccnn3)[C@H](C)C2=O)cc1. The lowest BCUT2D eigenvalue weighted by Crippen LogP contribution is -2.57. The maximum absolute atomic E-state index is 12.7.